The molecule has 1 amide bonds. The predicted molar refractivity (Wildman–Crippen MR) is 79.6 cm³/mol. The molecule has 1 unspecified atom stereocenters. The summed E-state index contributed by atoms with van der Waals surface area (Å²) in [5.74, 6) is 0.0318. The Labute approximate surface area is 115 Å². The van der Waals surface area contributed by atoms with Crippen LogP contribution in [0.1, 0.15) is 49.0 Å². The van der Waals surface area contributed by atoms with Gasteiger partial charge in [0.1, 0.15) is 0 Å². The summed E-state index contributed by atoms with van der Waals surface area (Å²) in [6, 6.07) is 6.17. The normalized spacial score (nSPS) is 21.2. The van der Waals surface area contributed by atoms with E-state index in [0.29, 0.717) is 0 Å². The zero-order valence-corrected chi connectivity index (χ0v) is 12.3. The van der Waals surface area contributed by atoms with Crippen molar-refractivity contribution in [1.29, 1.82) is 0 Å². The van der Waals surface area contributed by atoms with Crippen molar-refractivity contribution < 1.29 is 4.79 Å². The summed E-state index contributed by atoms with van der Waals surface area (Å²) >= 11 is 0. The second kappa shape index (κ2) is 5.24. The van der Waals surface area contributed by atoms with E-state index in [0.717, 1.165) is 23.2 Å². The Morgan fingerprint density at radius 3 is 2.68 bits per heavy atom. The van der Waals surface area contributed by atoms with Crippen molar-refractivity contribution in [3.05, 3.63) is 29.3 Å². The van der Waals surface area contributed by atoms with Gasteiger partial charge in [-0.25, -0.2) is 0 Å². The standard InChI is InChI=1S/C16H24N2O/c1-11-7-8-12(13(10-11)17-4)15(19)18-14-6-5-9-16(14,2)3/h7-8,10,14,17H,5-6,9H2,1-4H3,(H,18,19). The summed E-state index contributed by atoms with van der Waals surface area (Å²) in [5.41, 5.74) is 2.99. The molecule has 1 aromatic rings. The van der Waals surface area contributed by atoms with Crippen LogP contribution >= 0.6 is 0 Å². The van der Waals surface area contributed by atoms with Gasteiger partial charge in [0.2, 0.25) is 0 Å². The fourth-order valence-electron chi connectivity index (χ4n) is 2.89. The molecule has 0 aliphatic heterocycles. The number of amides is 1. The lowest BCUT2D eigenvalue weighted by atomic mass is 9.87. The minimum Gasteiger partial charge on any atom is -0.387 e. The maximum Gasteiger partial charge on any atom is 0.253 e. The first kappa shape index (κ1) is 13.9. The second-order valence-corrected chi connectivity index (χ2v) is 6.21. The maximum atomic E-state index is 12.4. The SMILES string of the molecule is CNc1cc(C)ccc1C(=O)NC1CCCC1(C)C. The van der Waals surface area contributed by atoms with Gasteiger partial charge in [-0.05, 0) is 42.9 Å². The Kier molecular flexibility index (Phi) is 3.83. The van der Waals surface area contributed by atoms with E-state index < -0.39 is 0 Å². The monoisotopic (exact) mass is 260 g/mol. The van der Waals surface area contributed by atoms with E-state index in [1.54, 1.807) is 0 Å². The molecule has 0 saturated heterocycles. The van der Waals surface area contributed by atoms with Crippen LogP contribution in [0, 0.1) is 12.3 Å². The molecule has 1 saturated carbocycles. The predicted octanol–water partition coefficient (Wildman–Crippen LogP) is 3.35. The van der Waals surface area contributed by atoms with Gasteiger partial charge in [-0.1, -0.05) is 26.3 Å². The van der Waals surface area contributed by atoms with Gasteiger partial charge in [-0.2, -0.15) is 0 Å². The highest BCUT2D eigenvalue weighted by molar-refractivity contribution is 5.99. The van der Waals surface area contributed by atoms with Crippen LogP contribution in [0.5, 0.6) is 0 Å². The Hall–Kier alpha value is -1.51. The molecule has 3 nitrogen and oxygen atoms in total. The molecule has 0 radical (unpaired) electrons. The van der Waals surface area contributed by atoms with E-state index in [9.17, 15) is 4.79 Å². The summed E-state index contributed by atoms with van der Waals surface area (Å²) < 4.78 is 0. The zero-order chi connectivity index (χ0) is 14.0. The van der Waals surface area contributed by atoms with Crippen molar-refractivity contribution >= 4 is 11.6 Å². The van der Waals surface area contributed by atoms with Crippen molar-refractivity contribution in [3.63, 3.8) is 0 Å². The molecule has 0 aromatic heterocycles. The fourth-order valence-corrected chi connectivity index (χ4v) is 2.89. The van der Waals surface area contributed by atoms with Crippen LogP contribution in [-0.4, -0.2) is 19.0 Å². The first-order valence-corrected chi connectivity index (χ1v) is 7.03. The van der Waals surface area contributed by atoms with Crippen LogP contribution in [0.15, 0.2) is 18.2 Å². The van der Waals surface area contributed by atoms with Gasteiger partial charge in [0, 0.05) is 18.8 Å². The van der Waals surface area contributed by atoms with Crippen LogP contribution in [0.2, 0.25) is 0 Å². The number of carbonyl (C=O) groups is 1. The Morgan fingerprint density at radius 2 is 2.11 bits per heavy atom. The molecule has 0 bridgehead atoms. The molecule has 3 heteroatoms. The van der Waals surface area contributed by atoms with Gasteiger partial charge in [-0.15, -0.1) is 0 Å². The molecule has 0 spiro atoms. The molecule has 1 aliphatic carbocycles. The zero-order valence-electron chi connectivity index (χ0n) is 12.3. The van der Waals surface area contributed by atoms with Crippen molar-refractivity contribution in [2.24, 2.45) is 5.41 Å². The van der Waals surface area contributed by atoms with E-state index in [4.69, 9.17) is 0 Å². The minimum atomic E-state index is 0.0318. The number of rotatable bonds is 3. The summed E-state index contributed by atoms with van der Waals surface area (Å²) in [5, 5.41) is 6.30. The number of nitrogens with one attached hydrogen (secondary N) is 2. The lowest BCUT2D eigenvalue weighted by Crippen LogP contribution is -2.41. The number of hydrogen-bond donors (Lipinski definition) is 2. The van der Waals surface area contributed by atoms with Gasteiger partial charge in [0.15, 0.2) is 0 Å². The highest BCUT2D eigenvalue weighted by atomic mass is 16.1. The molecule has 1 atom stereocenters. The van der Waals surface area contributed by atoms with Crippen LogP contribution in [0.25, 0.3) is 0 Å². The second-order valence-electron chi connectivity index (χ2n) is 6.21. The molecular weight excluding hydrogens is 236 g/mol. The number of benzene rings is 1. The molecule has 2 rings (SSSR count). The summed E-state index contributed by atoms with van der Waals surface area (Å²) in [6.07, 6.45) is 3.47. The number of anilines is 1. The smallest absolute Gasteiger partial charge is 0.253 e. The van der Waals surface area contributed by atoms with E-state index >= 15 is 0 Å². The van der Waals surface area contributed by atoms with Crippen molar-refractivity contribution in [2.75, 3.05) is 12.4 Å². The summed E-state index contributed by atoms with van der Waals surface area (Å²) in [6.45, 7) is 6.50. The van der Waals surface area contributed by atoms with Crippen LogP contribution < -0.4 is 10.6 Å². The Balaban J connectivity index is 2.16. The van der Waals surface area contributed by atoms with Crippen molar-refractivity contribution in [3.8, 4) is 0 Å². The van der Waals surface area contributed by atoms with Gasteiger partial charge in [0.25, 0.3) is 5.91 Å². The topological polar surface area (TPSA) is 41.1 Å². The average molecular weight is 260 g/mol. The number of hydrogen-bond acceptors (Lipinski definition) is 2. The molecule has 1 aliphatic rings. The first-order chi connectivity index (χ1) is 8.94. The van der Waals surface area contributed by atoms with Gasteiger partial charge in [0.05, 0.1) is 5.56 Å². The van der Waals surface area contributed by atoms with Gasteiger partial charge >= 0.3 is 0 Å². The number of carbonyl (C=O) groups excluding carboxylic acids is 1. The van der Waals surface area contributed by atoms with E-state index in [2.05, 4.69) is 24.5 Å². The molecule has 0 heterocycles. The lowest BCUT2D eigenvalue weighted by Gasteiger charge is -2.28. The van der Waals surface area contributed by atoms with Crippen molar-refractivity contribution in [1.82, 2.24) is 5.32 Å². The fraction of sp³-hybridized carbons (Fsp3) is 0.562. The third-order valence-corrected chi connectivity index (χ3v) is 4.25. The molecule has 2 N–H and O–H groups in total. The van der Waals surface area contributed by atoms with E-state index in [1.807, 2.05) is 32.2 Å². The quantitative estimate of drug-likeness (QED) is 0.875. The summed E-state index contributed by atoms with van der Waals surface area (Å²) in [4.78, 5) is 12.4. The molecule has 1 fully saturated rings. The van der Waals surface area contributed by atoms with Gasteiger partial charge in [-0.3, -0.25) is 4.79 Å². The molecular formula is C16H24N2O. The van der Waals surface area contributed by atoms with E-state index in [-0.39, 0.29) is 17.4 Å². The average Bonchev–Trinajstić information content (AvgIpc) is 2.68. The van der Waals surface area contributed by atoms with Gasteiger partial charge < -0.3 is 10.6 Å². The van der Waals surface area contributed by atoms with Crippen LogP contribution in [0.4, 0.5) is 5.69 Å². The molecule has 104 valence electrons. The highest BCUT2D eigenvalue weighted by Gasteiger charge is 2.35. The Morgan fingerprint density at radius 1 is 1.37 bits per heavy atom. The Bertz CT molecular complexity index is 480. The minimum absolute atomic E-state index is 0.0318. The highest BCUT2D eigenvalue weighted by Crippen LogP contribution is 2.37. The van der Waals surface area contributed by atoms with E-state index in [1.165, 1.54) is 12.8 Å². The summed E-state index contributed by atoms with van der Waals surface area (Å²) in [7, 11) is 1.85. The number of aryl methyl sites for hydroxylation is 1. The van der Waals surface area contributed by atoms with Crippen LogP contribution in [-0.2, 0) is 0 Å². The van der Waals surface area contributed by atoms with Crippen molar-refractivity contribution in [2.45, 2.75) is 46.1 Å². The third kappa shape index (κ3) is 2.91. The molecule has 19 heavy (non-hydrogen) atoms. The lowest BCUT2D eigenvalue weighted by molar-refractivity contribution is 0.0911. The third-order valence-electron chi connectivity index (χ3n) is 4.25. The molecule has 1 aromatic carbocycles. The largest absolute Gasteiger partial charge is 0.387 e. The maximum absolute atomic E-state index is 12.4. The van der Waals surface area contributed by atoms with Crippen LogP contribution in [0.3, 0.4) is 0 Å². The first-order valence-electron chi connectivity index (χ1n) is 7.03.